The van der Waals surface area contributed by atoms with Crippen LogP contribution < -0.4 is 5.32 Å². The van der Waals surface area contributed by atoms with Gasteiger partial charge in [0.2, 0.25) is 5.91 Å². The average molecular weight is 9560 g/mol. The Balaban J connectivity index is -0.00000000841. The first-order chi connectivity index (χ1) is 21.6. The number of ketones is 1. The number of thiazole rings is 1. The van der Waals surface area contributed by atoms with E-state index in [2.05, 4.69) is 15.2 Å². The number of ether oxygens (including phenoxy) is 2. The summed E-state index contributed by atoms with van der Waals surface area (Å²) >= 11 is 1.25. The van der Waals surface area contributed by atoms with Crippen molar-refractivity contribution in [3.63, 3.8) is 0 Å². The number of aromatic nitrogens is 1. The van der Waals surface area contributed by atoms with Crippen LogP contribution in [0.1, 0.15) is 114 Å². The molecule has 1 N–H and O–H groups in total. The van der Waals surface area contributed by atoms with Gasteiger partial charge in [0, 0.05) is 2210 Å². The van der Waals surface area contributed by atoms with Crippen molar-refractivity contribution in [1.82, 2.24) is 20.1 Å². The van der Waals surface area contributed by atoms with E-state index in [1.54, 1.807) is 17.3 Å². The van der Waals surface area contributed by atoms with Gasteiger partial charge in [0.25, 0.3) is 5.91 Å². The quantitative estimate of drug-likeness (QED) is 0.251. The number of Topliss-reactive ketones (excluding diaryl/α,β-unsaturated/α-hetero) is 1. The molecule has 2 bridgehead atoms. The molecule has 760 valence electrons. The van der Waals surface area contributed by atoms with E-state index in [4.69, 9.17) is 9.47 Å². The molecule has 1 aliphatic heterocycles. The van der Waals surface area contributed by atoms with Crippen molar-refractivity contribution in [2.75, 3.05) is 27.7 Å². The van der Waals surface area contributed by atoms with Gasteiger partial charge in [0.15, 0.2) is 11.9 Å². The predicted octanol–water partition coefficient (Wildman–Crippen LogP) is 4.55. The van der Waals surface area contributed by atoms with Crippen molar-refractivity contribution in [1.29, 1.82) is 0 Å². The summed E-state index contributed by atoms with van der Waals surface area (Å²) in [5, 5.41) is 5.26. The SMILES string of the molecule is COC(=O)CC12CC(NC(=O)c3csc([C@@H](C[C@H](C(C)C)N(C)C(=O)[C@@H](CC(=O)[C@H]4CCCCN4C)C(C)C)OC(C)=O)n3)(C1)C2.[Tb].[Tb].[Tb].[Tb].[Tb].[Tb].[Tb].[Tb].[Tb].[Tb].[Tb].[Tb].[Tb].[Tb].[Tb].[Tb].[Tb].[Tb].[Tb].[Tb].[Tb].[Tb].[Tb].[Tb].[Tb].[Tb].[Tb].[Tb].[Tb].[Tb].[Tb].[Tb].[Tb].[Tb].[Tb].[Tb].[Tb].[Tb].[Tb].[Tb].[Tb].[Tb].[Tb].[Tb].[Tb].[Tb].[Tb].[Tb].[Tb].[Tb].[Tb].[Tb].[Tb].[Tb].[Tb].[Tb]. The zero-order valence-electron chi connectivity index (χ0n) is 47.4. The van der Waals surface area contributed by atoms with E-state index < -0.39 is 18.0 Å². The molecule has 1 aromatic heterocycles. The predicted molar refractivity (Wildman–Crippen MR) is 174 cm³/mol. The summed E-state index contributed by atoms with van der Waals surface area (Å²) in [6.45, 7) is 10.2. The molecule has 1 aromatic rings. The van der Waals surface area contributed by atoms with Crippen molar-refractivity contribution in [2.24, 2.45) is 23.2 Å². The Labute approximate surface area is 2350 Å². The van der Waals surface area contributed by atoms with Gasteiger partial charge in [-0.1, -0.05) is 34.1 Å². The van der Waals surface area contributed by atoms with Gasteiger partial charge in [-0.3, -0.25) is 28.9 Å². The second-order valence-electron chi connectivity index (χ2n) is 14.7. The van der Waals surface area contributed by atoms with Crippen LogP contribution in [0.5, 0.6) is 0 Å². The molecule has 4 atom stereocenters. The largest absolute Gasteiger partial charge is 0.469 e. The van der Waals surface area contributed by atoms with E-state index in [0.717, 1.165) is 45.1 Å². The molecular weight excluding hydrogens is 9510 g/mol. The molecule has 5 rings (SSSR count). The first-order valence-electron chi connectivity index (χ1n) is 16.6. The Hall–Kier alpha value is 69.1. The number of nitrogens with one attached hydrogen (secondary N) is 1. The maximum absolute atomic E-state index is 14.0. The third kappa shape index (κ3) is 180. The molecule has 4 aliphatic rings. The van der Waals surface area contributed by atoms with Crippen molar-refractivity contribution in [3.8, 4) is 0 Å². The number of carbonyl (C=O) groups excluding carboxylic acids is 5. The number of amides is 2. The first kappa shape index (κ1) is 355. The molecular formula is C34H52N4O7STb56. The molecule has 0 unspecified atom stereocenters. The molecule has 2 heterocycles. The van der Waals surface area contributed by atoms with Crippen molar-refractivity contribution in [3.05, 3.63) is 16.1 Å². The minimum Gasteiger partial charge on any atom is -0.469 e. The number of likely N-dealkylation sites (N-methyl/N-ethyl adjacent to an activating group) is 1. The summed E-state index contributed by atoms with van der Waals surface area (Å²) in [4.78, 5) is 72.8. The van der Waals surface area contributed by atoms with Crippen molar-refractivity contribution >= 4 is 40.9 Å². The van der Waals surface area contributed by atoms with Crippen LogP contribution in [-0.4, -0.2) is 89.7 Å². The third-order valence-electron chi connectivity index (χ3n) is 10.4. The molecule has 3 aliphatic carbocycles. The van der Waals surface area contributed by atoms with Gasteiger partial charge in [0.1, 0.15) is 10.7 Å². The fraction of sp³-hybridized carbons (Fsp3) is 0.765. The molecule has 1 saturated heterocycles. The van der Waals surface area contributed by atoms with Crippen LogP contribution >= 0.6 is 11.3 Å². The monoisotopic (exact) mass is 9560 g/mol. The smallest absolute Gasteiger partial charge is 0.306 e. The van der Waals surface area contributed by atoms with Crippen LogP contribution in [0, 0.1) is 2190 Å². The van der Waals surface area contributed by atoms with Gasteiger partial charge in [-0.25, -0.2) is 4.98 Å². The molecule has 102 heavy (non-hydrogen) atoms. The standard InChI is InChI=1S/C34H52N4O7S.56Tb/c1-20(2)23(13-27(40)25-11-9-10-12-37(25)6)32(43)38(7)26(21(3)4)14-28(45-22(5)39)31-35-24(16-46-31)30(42)36-34-17-33(18-34,19-34)15-29(41)44-8;;;;;;;;;;;;;;;;;;;;;;;;;;;;;;;;;;;;;;;;;;;;;;;;;;;;;;;;/h16,20-21,23,25-26,28H,9-15,17-19H2,1-8H3,(H,36,42);;;;;;;;;;;;;;;;;;;;;;;;;;;;;;;;;;;;;;;;;;;;;;;;;;;;;;;;/t23-,25+,26+,28+,33?,34?;;;;;;;;;;;;;;;;;;;;;;;;;;;;;;;;;;;;;;;;;;;;;;;;;;;;;;;;/m0......................................................../s1. The zero-order valence-corrected chi connectivity index (χ0v) is 168. The number of hydrogen-bond donors (Lipinski definition) is 1. The Morgan fingerprint density at radius 1 is 0.510 bits per heavy atom. The van der Waals surface area contributed by atoms with E-state index in [0.29, 0.717) is 17.8 Å². The topological polar surface area (TPSA) is 135 Å². The zero-order chi connectivity index (χ0) is 34.0. The third-order valence-corrected chi connectivity index (χ3v) is 11.3. The minimum atomic E-state index is -0.750. The summed E-state index contributed by atoms with van der Waals surface area (Å²) in [5.74, 6) is -1.44. The fourth-order valence-electron chi connectivity index (χ4n) is 7.91. The van der Waals surface area contributed by atoms with Crippen molar-refractivity contribution in [2.45, 2.75) is 116 Å². The van der Waals surface area contributed by atoms with Gasteiger partial charge >= 0.3 is 11.9 Å². The van der Waals surface area contributed by atoms with Crippen LogP contribution in [0.25, 0.3) is 0 Å². The summed E-state index contributed by atoms with van der Waals surface area (Å²) in [6, 6.07) is -0.451. The Kier molecular flexibility index (Phi) is 838. The first-order valence-corrected chi connectivity index (χ1v) is 17.5. The molecule has 56 radical (unpaired) electrons. The van der Waals surface area contributed by atoms with Crippen LogP contribution in [-0.2, 0) is 28.7 Å². The number of carbonyl (C=O) groups is 5. The number of methoxy groups -OCH3 is 1. The molecule has 0 spiro atoms. The van der Waals surface area contributed by atoms with Gasteiger partial charge in [0.05, 0.1) is 19.6 Å². The Morgan fingerprint density at radius 3 is 1.07 bits per heavy atom. The normalized spacial score (nSPS) is 11.7. The maximum Gasteiger partial charge on any atom is 0.306 e. The van der Waals surface area contributed by atoms with Crippen molar-refractivity contribution < 1.29 is 2200 Å². The van der Waals surface area contributed by atoms with E-state index in [-0.39, 0.29) is 2230 Å². The van der Waals surface area contributed by atoms with Crippen LogP contribution in [0.15, 0.2) is 5.38 Å². The molecule has 3 saturated carbocycles. The summed E-state index contributed by atoms with van der Waals surface area (Å²) in [5.41, 5.74) is -0.130. The van der Waals surface area contributed by atoms with Crippen LogP contribution in [0.4, 0.5) is 0 Å². The Morgan fingerprint density at radius 2 is 0.814 bits per heavy atom. The second kappa shape index (κ2) is 241. The average Bonchev–Trinajstić information content (AvgIpc) is 3.45. The van der Waals surface area contributed by atoms with E-state index >= 15 is 0 Å². The number of rotatable bonds is 15. The second-order valence-corrected chi connectivity index (χ2v) is 15.6. The Bertz CT molecular complexity index is 1390. The molecule has 68 heteroatoms. The van der Waals surface area contributed by atoms with Gasteiger partial charge in [-0.05, 0) is 62.9 Å². The molecule has 4 fully saturated rings. The molecule has 2 amide bonds. The van der Waals surface area contributed by atoms with Crippen LogP contribution in [0.2, 0.25) is 0 Å². The number of hydrogen-bond acceptors (Lipinski definition) is 10. The van der Waals surface area contributed by atoms with E-state index in [1.807, 2.05) is 34.7 Å². The summed E-state index contributed by atoms with van der Waals surface area (Å²) < 4.78 is 10.5. The fourth-order valence-corrected chi connectivity index (χ4v) is 8.74. The van der Waals surface area contributed by atoms with Gasteiger partial charge in [-0.2, -0.15) is 0 Å². The van der Waals surface area contributed by atoms with Gasteiger partial charge in [-0.15, -0.1) is 11.3 Å². The number of piperidine rings is 1. The molecule has 0 aromatic carbocycles. The van der Waals surface area contributed by atoms with E-state index in [9.17, 15) is 24.0 Å². The van der Waals surface area contributed by atoms with E-state index in [1.165, 1.54) is 25.4 Å². The number of likely N-dealkylation sites (tertiary alicyclic amines) is 1. The van der Waals surface area contributed by atoms with Gasteiger partial charge < -0.3 is 19.7 Å². The summed E-state index contributed by atoms with van der Waals surface area (Å²) in [6.07, 6.45) is 5.27. The minimum absolute atomic E-state index is 0. The summed E-state index contributed by atoms with van der Waals surface area (Å²) in [7, 11) is 5.13. The van der Waals surface area contributed by atoms with Crippen LogP contribution in [0.3, 0.4) is 0 Å². The molecule has 11 nitrogen and oxygen atoms in total. The number of nitrogens with zero attached hydrogens (tertiary/aromatic N) is 3. The maximum atomic E-state index is 14.0. The number of esters is 2.